The molecule has 0 unspecified atom stereocenters. The maximum atomic E-state index is 3.79. The summed E-state index contributed by atoms with van der Waals surface area (Å²) in [6.07, 6.45) is 0. The summed E-state index contributed by atoms with van der Waals surface area (Å²) in [4.78, 5) is 2.60. The van der Waals surface area contributed by atoms with Crippen molar-refractivity contribution in [1.29, 1.82) is 0 Å². The van der Waals surface area contributed by atoms with E-state index in [-0.39, 0.29) is 8.37 Å². The van der Waals surface area contributed by atoms with Crippen molar-refractivity contribution in [2.24, 2.45) is 0 Å². The molecule has 0 amide bonds. The molecule has 3 rings (SSSR count). The first-order chi connectivity index (χ1) is 8.09. The molecular weight excluding hydrogens is 231 g/mol. The van der Waals surface area contributed by atoms with Crippen molar-refractivity contribution in [3.63, 3.8) is 0 Å². The highest BCUT2D eigenvalue weighted by Gasteiger charge is 2.33. The maximum Gasteiger partial charge on any atom is 0.117 e. The molecule has 0 saturated carbocycles. The SMILES string of the molecule is CC(C)N1CCN2CCNP1N(C(C)C)CC2. The van der Waals surface area contributed by atoms with E-state index >= 15 is 0 Å². The van der Waals surface area contributed by atoms with E-state index in [4.69, 9.17) is 0 Å². The van der Waals surface area contributed by atoms with Gasteiger partial charge in [0.25, 0.3) is 0 Å². The fourth-order valence-corrected chi connectivity index (χ4v) is 5.00. The normalized spacial score (nSPS) is 32.8. The molecule has 1 N–H and O–H groups in total. The molecule has 0 aromatic heterocycles. The second-order valence-corrected chi connectivity index (χ2v) is 7.48. The summed E-state index contributed by atoms with van der Waals surface area (Å²) < 4.78 is 5.33. The van der Waals surface area contributed by atoms with Crippen molar-refractivity contribution in [3.05, 3.63) is 0 Å². The van der Waals surface area contributed by atoms with Crippen LogP contribution in [0.25, 0.3) is 0 Å². The number of nitrogens with zero attached hydrogens (tertiary/aromatic N) is 3. The minimum absolute atomic E-state index is 0.293. The van der Waals surface area contributed by atoms with Gasteiger partial charge < -0.3 is 0 Å². The molecule has 2 bridgehead atoms. The van der Waals surface area contributed by atoms with Gasteiger partial charge >= 0.3 is 0 Å². The van der Waals surface area contributed by atoms with Gasteiger partial charge in [0.05, 0.1) is 0 Å². The number of fused-ring (bicyclic) bond motifs is 6. The van der Waals surface area contributed by atoms with Crippen molar-refractivity contribution < 1.29 is 0 Å². The van der Waals surface area contributed by atoms with Crippen molar-refractivity contribution in [2.45, 2.75) is 39.8 Å². The van der Waals surface area contributed by atoms with Crippen LogP contribution in [0, 0.1) is 0 Å². The van der Waals surface area contributed by atoms with Gasteiger partial charge in [-0.25, -0.2) is 0 Å². The molecule has 3 saturated heterocycles. The van der Waals surface area contributed by atoms with E-state index in [1.165, 1.54) is 32.7 Å². The molecule has 3 fully saturated rings. The Morgan fingerprint density at radius 2 is 1.35 bits per heavy atom. The summed E-state index contributed by atoms with van der Waals surface area (Å²) in [7, 11) is -0.293. The lowest BCUT2D eigenvalue weighted by Crippen LogP contribution is -2.53. The Labute approximate surface area is 107 Å². The van der Waals surface area contributed by atoms with Gasteiger partial charge in [-0.05, 0) is 27.7 Å². The average Bonchev–Trinajstić information content (AvgIpc) is 2.13. The Hall–Kier alpha value is 0.270. The summed E-state index contributed by atoms with van der Waals surface area (Å²) in [6, 6.07) is 1.26. The largest absolute Gasteiger partial charge is 0.299 e. The van der Waals surface area contributed by atoms with Gasteiger partial charge in [0, 0.05) is 51.4 Å². The summed E-state index contributed by atoms with van der Waals surface area (Å²) in [5, 5.41) is 3.79. The van der Waals surface area contributed by atoms with E-state index in [1.807, 2.05) is 0 Å². The Balaban J connectivity index is 2.19. The van der Waals surface area contributed by atoms with Crippen LogP contribution in [0.15, 0.2) is 0 Å². The lowest BCUT2D eigenvalue weighted by Gasteiger charge is -2.48. The fraction of sp³-hybridized carbons (Fsp3) is 1.00. The molecule has 0 aromatic carbocycles. The number of hydrogen-bond donors (Lipinski definition) is 1. The second-order valence-electron chi connectivity index (χ2n) is 5.55. The predicted octanol–water partition coefficient (Wildman–Crippen LogP) is 1.55. The van der Waals surface area contributed by atoms with Crippen LogP contribution in [0.3, 0.4) is 0 Å². The van der Waals surface area contributed by atoms with Gasteiger partial charge in [-0.1, -0.05) is 0 Å². The van der Waals surface area contributed by atoms with Gasteiger partial charge in [0.1, 0.15) is 8.37 Å². The Morgan fingerprint density at radius 1 is 0.824 bits per heavy atom. The van der Waals surface area contributed by atoms with E-state index < -0.39 is 0 Å². The number of hydrogen-bond acceptors (Lipinski definition) is 4. The molecule has 17 heavy (non-hydrogen) atoms. The zero-order valence-corrected chi connectivity index (χ0v) is 12.6. The Morgan fingerprint density at radius 3 is 1.82 bits per heavy atom. The van der Waals surface area contributed by atoms with Crippen molar-refractivity contribution in [2.75, 3.05) is 39.3 Å². The van der Waals surface area contributed by atoms with E-state index in [1.54, 1.807) is 0 Å². The minimum Gasteiger partial charge on any atom is -0.299 e. The molecule has 0 radical (unpaired) electrons. The lowest BCUT2D eigenvalue weighted by atomic mass is 10.3. The van der Waals surface area contributed by atoms with Crippen LogP contribution in [0.2, 0.25) is 0 Å². The summed E-state index contributed by atoms with van der Waals surface area (Å²) in [5.74, 6) is 0. The molecular formula is C12H27N4P. The van der Waals surface area contributed by atoms with Crippen LogP contribution in [-0.4, -0.2) is 65.6 Å². The van der Waals surface area contributed by atoms with Gasteiger partial charge in [0.15, 0.2) is 0 Å². The molecule has 0 spiro atoms. The molecule has 4 nitrogen and oxygen atoms in total. The van der Waals surface area contributed by atoms with Crippen LogP contribution in [0.4, 0.5) is 0 Å². The molecule has 5 heteroatoms. The van der Waals surface area contributed by atoms with Gasteiger partial charge in [-0.15, -0.1) is 0 Å². The van der Waals surface area contributed by atoms with Gasteiger partial charge in [-0.3, -0.25) is 19.3 Å². The van der Waals surface area contributed by atoms with E-state index in [0.717, 1.165) is 6.54 Å². The third-order valence-corrected chi connectivity index (χ3v) is 6.45. The number of nitrogens with one attached hydrogen (secondary N) is 1. The molecule has 3 heterocycles. The standard InChI is InChI=1S/C12H27N4P/c1-11(2)15-9-7-14-6-5-13-17(15)16(10-8-14)12(3)4/h11-13H,5-10H2,1-4H3. The van der Waals surface area contributed by atoms with Crippen LogP contribution in [0.1, 0.15) is 27.7 Å². The zero-order chi connectivity index (χ0) is 12.4. The second kappa shape index (κ2) is 5.94. The van der Waals surface area contributed by atoms with Crippen LogP contribution < -0.4 is 5.09 Å². The van der Waals surface area contributed by atoms with Gasteiger partial charge in [0.2, 0.25) is 0 Å². The quantitative estimate of drug-likeness (QED) is 0.759. The lowest BCUT2D eigenvalue weighted by molar-refractivity contribution is 0.178. The van der Waals surface area contributed by atoms with E-state index in [0.29, 0.717) is 12.1 Å². The average molecular weight is 258 g/mol. The van der Waals surface area contributed by atoms with Crippen molar-refractivity contribution in [1.82, 2.24) is 19.3 Å². The highest BCUT2D eigenvalue weighted by Crippen LogP contribution is 2.44. The topological polar surface area (TPSA) is 21.8 Å². The van der Waals surface area contributed by atoms with Crippen LogP contribution >= 0.6 is 8.37 Å². The van der Waals surface area contributed by atoms with E-state index in [2.05, 4.69) is 47.0 Å². The first-order valence-electron chi connectivity index (χ1n) is 6.88. The van der Waals surface area contributed by atoms with Crippen molar-refractivity contribution in [3.8, 4) is 0 Å². The molecule has 0 atom stereocenters. The third kappa shape index (κ3) is 3.18. The zero-order valence-electron chi connectivity index (χ0n) is 11.7. The van der Waals surface area contributed by atoms with Crippen LogP contribution in [-0.2, 0) is 0 Å². The summed E-state index contributed by atoms with van der Waals surface area (Å²) in [6.45, 7) is 16.5. The smallest absolute Gasteiger partial charge is 0.117 e. The third-order valence-electron chi connectivity index (χ3n) is 3.65. The van der Waals surface area contributed by atoms with Gasteiger partial charge in [-0.2, -0.15) is 0 Å². The monoisotopic (exact) mass is 258 g/mol. The summed E-state index contributed by atoms with van der Waals surface area (Å²) >= 11 is 0. The highest BCUT2D eigenvalue weighted by atomic mass is 31.1. The molecule has 3 aliphatic rings. The minimum atomic E-state index is -0.293. The molecule has 0 aliphatic carbocycles. The van der Waals surface area contributed by atoms with Crippen LogP contribution in [0.5, 0.6) is 0 Å². The van der Waals surface area contributed by atoms with Crippen molar-refractivity contribution >= 4 is 8.37 Å². The molecule has 3 aliphatic heterocycles. The Kier molecular flexibility index (Phi) is 4.79. The predicted molar refractivity (Wildman–Crippen MR) is 75.0 cm³/mol. The molecule has 100 valence electrons. The Bertz CT molecular complexity index is 227. The van der Waals surface area contributed by atoms with E-state index in [9.17, 15) is 0 Å². The summed E-state index contributed by atoms with van der Waals surface area (Å²) in [5.41, 5.74) is 0. The fourth-order valence-electron chi connectivity index (χ4n) is 2.60. The maximum absolute atomic E-state index is 3.79. The highest BCUT2D eigenvalue weighted by molar-refractivity contribution is 7.50. The first kappa shape index (κ1) is 13.7. The first-order valence-corrected chi connectivity index (χ1v) is 8.13. The number of rotatable bonds is 2. The molecule has 0 aromatic rings.